The summed E-state index contributed by atoms with van der Waals surface area (Å²) in [5.41, 5.74) is 2.44. The summed E-state index contributed by atoms with van der Waals surface area (Å²) >= 11 is 0. The highest BCUT2D eigenvalue weighted by Gasteiger charge is 2.18. The maximum absolute atomic E-state index is 12.0. The first-order valence-electron chi connectivity index (χ1n) is 10.1. The smallest absolute Gasteiger partial charge is 0.273 e. The van der Waals surface area contributed by atoms with Gasteiger partial charge in [-0.25, -0.2) is 4.98 Å². The number of hydrogen-bond acceptors (Lipinski definition) is 7. The molecule has 0 unspecified atom stereocenters. The second-order valence-electron chi connectivity index (χ2n) is 7.17. The molecule has 162 valence electrons. The van der Waals surface area contributed by atoms with E-state index in [0.29, 0.717) is 32.1 Å². The third-order valence-electron chi connectivity index (χ3n) is 4.86. The van der Waals surface area contributed by atoms with Gasteiger partial charge in [-0.05, 0) is 42.3 Å². The minimum Gasteiger partial charge on any atom is -0.497 e. The van der Waals surface area contributed by atoms with Gasteiger partial charge in [0.2, 0.25) is 12.7 Å². The molecule has 2 heterocycles. The van der Waals surface area contributed by atoms with Crippen LogP contribution in [0.25, 0.3) is 0 Å². The number of methoxy groups -OCH3 is 1. The van der Waals surface area contributed by atoms with Crippen molar-refractivity contribution in [3.8, 4) is 17.2 Å². The van der Waals surface area contributed by atoms with Crippen molar-refractivity contribution in [2.24, 2.45) is 0 Å². The van der Waals surface area contributed by atoms with Gasteiger partial charge in [0.05, 0.1) is 13.7 Å². The van der Waals surface area contributed by atoms with Crippen LogP contribution in [0, 0.1) is 0 Å². The molecule has 1 N–H and O–H groups in total. The number of hydrogen-bond donors (Lipinski definition) is 1. The predicted octanol–water partition coefficient (Wildman–Crippen LogP) is 3.36. The average molecular weight is 423 g/mol. The third-order valence-corrected chi connectivity index (χ3v) is 4.86. The SMILES string of the molecule is CCNC(=O)c1coc(CN(Cc2cccc(OC)c2)Cc2ccc3c(c2)OCO3)n1. The zero-order valence-electron chi connectivity index (χ0n) is 17.6. The summed E-state index contributed by atoms with van der Waals surface area (Å²) in [6, 6.07) is 13.8. The Morgan fingerprint density at radius 1 is 1.10 bits per heavy atom. The molecule has 4 rings (SSSR count). The van der Waals surface area contributed by atoms with Crippen LogP contribution >= 0.6 is 0 Å². The van der Waals surface area contributed by atoms with Gasteiger partial charge in [0.1, 0.15) is 12.0 Å². The fraction of sp³-hybridized carbons (Fsp3) is 0.304. The van der Waals surface area contributed by atoms with Gasteiger partial charge in [0.15, 0.2) is 17.2 Å². The Labute approximate surface area is 180 Å². The van der Waals surface area contributed by atoms with Crippen molar-refractivity contribution in [2.75, 3.05) is 20.4 Å². The average Bonchev–Trinajstić information content (AvgIpc) is 3.43. The van der Waals surface area contributed by atoms with E-state index >= 15 is 0 Å². The van der Waals surface area contributed by atoms with Crippen LogP contribution in [0.5, 0.6) is 17.2 Å². The first-order chi connectivity index (χ1) is 15.1. The molecule has 8 nitrogen and oxygen atoms in total. The van der Waals surface area contributed by atoms with Gasteiger partial charge in [-0.3, -0.25) is 9.69 Å². The van der Waals surface area contributed by atoms with Crippen LogP contribution in [0.2, 0.25) is 0 Å². The molecule has 0 fully saturated rings. The van der Waals surface area contributed by atoms with Gasteiger partial charge < -0.3 is 23.9 Å². The zero-order valence-corrected chi connectivity index (χ0v) is 17.6. The molecule has 0 saturated heterocycles. The molecular formula is C23H25N3O5. The number of rotatable bonds is 9. The highest BCUT2D eigenvalue weighted by Crippen LogP contribution is 2.33. The molecule has 0 atom stereocenters. The summed E-state index contributed by atoms with van der Waals surface area (Å²) < 4.78 is 21.8. The van der Waals surface area contributed by atoms with Crippen LogP contribution in [0.3, 0.4) is 0 Å². The quantitative estimate of drug-likeness (QED) is 0.565. The number of nitrogens with one attached hydrogen (secondary N) is 1. The third kappa shape index (κ3) is 5.16. The van der Waals surface area contributed by atoms with E-state index in [9.17, 15) is 4.79 Å². The molecule has 3 aromatic rings. The number of oxazole rings is 1. The van der Waals surface area contributed by atoms with Crippen LogP contribution in [-0.4, -0.2) is 36.2 Å². The number of aromatic nitrogens is 1. The minimum absolute atomic E-state index is 0.241. The Bertz CT molecular complexity index is 1050. The Kier molecular flexibility index (Phi) is 6.37. The van der Waals surface area contributed by atoms with E-state index in [0.717, 1.165) is 28.4 Å². The lowest BCUT2D eigenvalue weighted by atomic mass is 10.1. The standard InChI is InChI=1S/C23H25N3O5/c1-3-24-23(27)19-14-29-22(25-19)13-26(11-16-5-4-6-18(9-16)28-2)12-17-7-8-20-21(10-17)31-15-30-20/h4-10,14H,3,11-13,15H2,1-2H3,(H,24,27). The maximum Gasteiger partial charge on any atom is 0.273 e. The van der Waals surface area contributed by atoms with Crippen molar-refractivity contribution in [2.45, 2.75) is 26.6 Å². The van der Waals surface area contributed by atoms with Crippen molar-refractivity contribution >= 4 is 5.91 Å². The number of ether oxygens (including phenoxy) is 3. The normalized spacial score (nSPS) is 12.2. The number of nitrogens with zero attached hydrogens (tertiary/aromatic N) is 2. The van der Waals surface area contributed by atoms with Crippen molar-refractivity contribution < 1.29 is 23.4 Å². The second kappa shape index (κ2) is 9.53. The van der Waals surface area contributed by atoms with Gasteiger partial charge in [0.25, 0.3) is 5.91 Å². The van der Waals surface area contributed by atoms with E-state index in [4.69, 9.17) is 18.6 Å². The number of carbonyl (C=O) groups excluding carboxylic acids is 1. The molecule has 2 aromatic carbocycles. The lowest BCUT2D eigenvalue weighted by Gasteiger charge is -2.21. The van der Waals surface area contributed by atoms with Crippen LogP contribution in [0.4, 0.5) is 0 Å². The molecule has 1 aliphatic heterocycles. The zero-order chi connectivity index (χ0) is 21.6. The fourth-order valence-electron chi connectivity index (χ4n) is 3.42. The van der Waals surface area contributed by atoms with Gasteiger partial charge in [-0.2, -0.15) is 0 Å². The van der Waals surface area contributed by atoms with Crippen molar-refractivity contribution in [3.63, 3.8) is 0 Å². The van der Waals surface area contributed by atoms with Crippen LogP contribution in [0.15, 0.2) is 53.1 Å². The first kappa shape index (κ1) is 20.7. The van der Waals surface area contributed by atoms with Crippen molar-refractivity contribution in [1.82, 2.24) is 15.2 Å². The fourth-order valence-corrected chi connectivity index (χ4v) is 3.42. The first-order valence-corrected chi connectivity index (χ1v) is 10.1. The Hall–Kier alpha value is -3.52. The highest BCUT2D eigenvalue weighted by atomic mass is 16.7. The van der Waals surface area contributed by atoms with Crippen LogP contribution < -0.4 is 19.5 Å². The van der Waals surface area contributed by atoms with Crippen molar-refractivity contribution in [3.05, 3.63) is 71.4 Å². The molecule has 0 bridgehead atoms. The predicted molar refractivity (Wildman–Crippen MR) is 113 cm³/mol. The lowest BCUT2D eigenvalue weighted by molar-refractivity contribution is 0.0950. The lowest BCUT2D eigenvalue weighted by Crippen LogP contribution is -2.24. The van der Waals surface area contributed by atoms with E-state index in [1.165, 1.54) is 6.26 Å². The summed E-state index contributed by atoms with van der Waals surface area (Å²) in [6.45, 7) is 4.35. The summed E-state index contributed by atoms with van der Waals surface area (Å²) in [7, 11) is 1.65. The number of carbonyl (C=O) groups is 1. The highest BCUT2D eigenvalue weighted by molar-refractivity contribution is 5.91. The van der Waals surface area contributed by atoms with E-state index < -0.39 is 0 Å². The summed E-state index contributed by atoms with van der Waals surface area (Å²) in [5.74, 6) is 2.53. The largest absolute Gasteiger partial charge is 0.497 e. The second-order valence-corrected chi connectivity index (χ2v) is 7.17. The monoisotopic (exact) mass is 423 g/mol. The number of fused-ring (bicyclic) bond motifs is 1. The molecular weight excluding hydrogens is 398 g/mol. The van der Waals surface area contributed by atoms with E-state index in [-0.39, 0.29) is 18.4 Å². The molecule has 0 radical (unpaired) electrons. The van der Waals surface area contributed by atoms with Gasteiger partial charge >= 0.3 is 0 Å². The molecule has 1 aliphatic rings. The number of amides is 1. The molecule has 0 saturated carbocycles. The summed E-state index contributed by atoms with van der Waals surface area (Å²) in [6.07, 6.45) is 1.39. The molecule has 8 heteroatoms. The Morgan fingerprint density at radius 2 is 1.90 bits per heavy atom. The molecule has 1 amide bonds. The van der Waals surface area contributed by atoms with Gasteiger partial charge in [-0.15, -0.1) is 0 Å². The molecule has 0 aliphatic carbocycles. The molecule has 0 spiro atoms. The Balaban J connectivity index is 1.53. The minimum atomic E-state index is -0.243. The Morgan fingerprint density at radius 3 is 2.71 bits per heavy atom. The van der Waals surface area contributed by atoms with Gasteiger partial charge in [0, 0.05) is 19.6 Å². The van der Waals surface area contributed by atoms with Gasteiger partial charge in [-0.1, -0.05) is 18.2 Å². The van der Waals surface area contributed by atoms with Crippen LogP contribution in [0.1, 0.15) is 34.4 Å². The molecule has 1 aromatic heterocycles. The number of benzene rings is 2. The topological polar surface area (TPSA) is 86.1 Å². The summed E-state index contributed by atoms with van der Waals surface area (Å²) in [5, 5.41) is 2.73. The summed E-state index contributed by atoms with van der Waals surface area (Å²) in [4.78, 5) is 18.6. The van der Waals surface area contributed by atoms with E-state index in [1.54, 1.807) is 7.11 Å². The molecule has 31 heavy (non-hydrogen) atoms. The maximum atomic E-state index is 12.0. The van der Waals surface area contributed by atoms with E-state index in [2.05, 4.69) is 15.2 Å². The van der Waals surface area contributed by atoms with Crippen LogP contribution in [-0.2, 0) is 19.6 Å². The van der Waals surface area contributed by atoms with Crippen molar-refractivity contribution in [1.29, 1.82) is 0 Å². The van der Waals surface area contributed by atoms with E-state index in [1.807, 2.05) is 49.4 Å².